The topological polar surface area (TPSA) is 80.5 Å². The van der Waals surface area contributed by atoms with Gasteiger partial charge >= 0.3 is 0 Å². The summed E-state index contributed by atoms with van der Waals surface area (Å²) in [7, 11) is 1.80. The van der Waals surface area contributed by atoms with E-state index in [1.807, 2.05) is 42.6 Å². The van der Waals surface area contributed by atoms with E-state index >= 15 is 0 Å². The molecule has 1 atom stereocenters. The molecule has 0 aromatic carbocycles. The van der Waals surface area contributed by atoms with E-state index in [2.05, 4.69) is 30.3 Å². The third-order valence-corrected chi connectivity index (χ3v) is 4.58. The Labute approximate surface area is 187 Å². The van der Waals surface area contributed by atoms with Crippen molar-refractivity contribution in [2.24, 2.45) is 4.99 Å². The number of aliphatic imine (C=N–C) groups is 1. The van der Waals surface area contributed by atoms with Gasteiger partial charge in [0.2, 0.25) is 5.88 Å². The molecule has 8 nitrogen and oxygen atoms in total. The van der Waals surface area contributed by atoms with Crippen LogP contribution >= 0.6 is 24.0 Å². The van der Waals surface area contributed by atoms with Crippen molar-refractivity contribution in [3.63, 3.8) is 0 Å². The third kappa shape index (κ3) is 5.43. The first-order valence-corrected chi connectivity index (χ1v) is 9.30. The van der Waals surface area contributed by atoms with Crippen LogP contribution in [0.2, 0.25) is 0 Å². The molecule has 1 unspecified atom stereocenters. The molecule has 0 radical (unpaired) electrons. The van der Waals surface area contributed by atoms with Crippen LogP contribution in [0.4, 0.5) is 0 Å². The fraction of sp³-hybridized carbons (Fsp3) is 0.300. The average Bonchev–Trinajstić information content (AvgIpc) is 3.42. The van der Waals surface area contributed by atoms with Crippen molar-refractivity contribution < 1.29 is 4.74 Å². The number of ether oxygens (including phenoxy) is 1. The van der Waals surface area contributed by atoms with E-state index in [1.54, 1.807) is 30.3 Å². The molecular formula is C20H24IN7O. The number of nitrogens with zero attached hydrogens (tertiary/aromatic N) is 6. The predicted octanol–water partition coefficient (Wildman–Crippen LogP) is 2.51. The molecule has 0 saturated carbocycles. The summed E-state index contributed by atoms with van der Waals surface area (Å²) in [6, 6.07) is 11.6. The van der Waals surface area contributed by atoms with E-state index in [4.69, 9.17) is 4.74 Å². The molecule has 1 aliphatic heterocycles. The van der Waals surface area contributed by atoms with Crippen molar-refractivity contribution in [3.05, 3.63) is 66.7 Å². The molecule has 1 aliphatic rings. The third-order valence-electron chi connectivity index (χ3n) is 4.58. The van der Waals surface area contributed by atoms with Crippen molar-refractivity contribution in [2.75, 3.05) is 20.1 Å². The zero-order valence-electron chi connectivity index (χ0n) is 16.2. The highest BCUT2D eigenvalue weighted by Crippen LogP contribution is 2.16. The van der Waals surface area contributed by atoms with Crippen molar-refractivity contribution in [3.8, 4) is 11.7 Å². The predicted molar refractivity (Wildman–Crippen MR) is 122 cm³/mol. The minimum absolute atomic E-state index is 0. The molecule has 0 amide bonds. The van der Waals surface area contributed by atoms with Crippen LogP contribution in [0.15, 0.2) is 66.2 Å². The van der Waals surface area contributed by atoms with Gasteiger partial charge in [0, 0.05) is 57.4 Å². The van der Waals surface area contributed by atoms with E-state index in [1.165, 1.54) is 0 Å². The van der Waals surface area contributed by atoms with Crippen LogP contribution in [-0.4, -0.2) is 56.8 Å². The van der Waals surface area contributed by atoms with Crippen LogP contribution in [0.3, 0.4) is 0 Å². The van der Waals surface area contributed by atoms with Crippen LogP contribution < -0.4 is 10.1 Å². The maximum atomic E-state index is 5.97. The van der Waals surface area contributed by atoms with Gasteiger partial charge in [0.15, 0.2) is 11.8 Å². The summed E-state index contributed by atoms with van der Waals surface area (Å²) in [6.07, 6.45) is 8.21. The number of hydrogen-bond acceptors (Lipinski definition) is 5. The van der Waals surface area contributed by atoms with E-state index in [0.717, 1.165) is 36.9 Å². The Morgan fingerprint density at radius 2 is 2.14 bits per heavy atom. The van der Waals surface area contributed by atoms with Gasteiger partial charge in [-0.1, -0.05) is 6.07 Å². The van der Waals surface area contributed by atoms with Crippen LogP contribution in [0.25, 0.3) is 5.82 Å². The van der Waals surface area contributed by atoms with Gasteiger partial charge in [-0.25, -0.2) is 14.6 Å². The number of nitrogens with one attached hydrogen (secondary N) is 1. The van der Waals surface area contributed by atoms with Gasteiger partial charge in [0.05, 0.1) is 6.54 Å². The minimum atomic E-state index is 0. The van der Waals surface area contributed by atoms with Gasteiger partial charge in [-0.2, -0.15) is 5.10 Å². The highest BCUT2D eigenvalue weighted by atomic mass is 127. The first-order valence-electron chi connectivity index (χ1n) is 9.30. The van der Waals surface area contributed by atoms with Crippen molar-refractivity contribution in [1.82, 2.24) is 30.0 Å². The van der Waals surface area contributed by atoms with Gasteiger partial charge in [-0.3, -0.25) is 4.99 Å². The molecule has 29 heavy (non-hydrogen) atoms. The Balaban J connectivity index is 0.00000240. The molecule has 4 heterocycles. The summed E-state index contributed by atoms with van der Waals surface area (Å²) >= 11 is 0. The van der Waals surface area contributed by atoms with Crippen LogP contribution in [-0.2, 0) is 6.54 Å². The van der Waals surface area contributed by atoms with Crippen molar-refractivity contribution in [1.29, 1.82) is 0 Å². The number of likely N-dealkylation sites (tertiary alicyclic amines) is 1. The highest BCUT2D eigenvalue weighted by molar-refractivity contribution is 14.0. The van der Waals surface area contributed by atoms with Crippen molar-refractivity contribution in [2.45, 2.75) is 19.1 Å². The van der Waals surface area contributed by atoms with Gasteiger partial charge in [0.1, 0.15) is 6.10 Å². The average molecular weight is 505 g/mol. The van der Waals surface area contributed by atoms with Crippen LogP contribution in [0, 0.1) is 0 Å². The Kier molecular flexibility index (Phi) is 7.39. The fourth-order valence-electron chi connectivity index (χ4n) is 3.22. The number of aromatic nitrogens is 4. The van der Waals surface area contributed by atoms with Gasteiger partial charge in [-0.05, 0) is 29.8 Å². The van der Waals surface area contributed by atoms with E-state index in [9.17, 15) is 0 Å². The standard InChI is InChI=1S/C20H23N7O.HI/c1-21-20(26-12-7-17(15-26)28-19-5-2-3-8-23-19)24-14-16-6-10-22-18(13-16)27-11-4-9-25-27;/h2-6,8-11,13,17H,7,12,14-15H2,1H3,(H,21,24);1H. The van der Waals surface area contributed by atoms with E-state index in [0.29, 0.717) is 12.4 Å². The number of pyridine rings is 2. The summed E-state index contributed by atoms with van der Waals surface area (Å²) in [6.45, 7) is 2.34. The summed E-state index contributed by atoms with van der Waals surface area (Å²) < 4.78 is 7.71. The monoisotopic (exact) mass is 505 g/mol. The highest BCUT2D eigenvalue weighted by Gasteiger charge is 2.26. The molecule has 3 aromatic heterocycles. The van der Waals surface area contributed by atoms with Crippen molar-refractivity contribution >= 4 is 29.9 Å². The van der Waals surface area contributed by atoms with E-state index < -0.39 is 0 Å². The maximum absolute atomic E-state index is 5.97. The second-order valence-corrected chi connectivity index (χ2v) is 6.52. The molecular weight excluding hydrogens is 481 g/mol. The number of rotatable bonds is 5. The molecule has 1 saturated heterocycles. The smallest absolute Gasteiger partial charge is 0.213 e. The lowest BCUT2D eigenvalue weighted by Crippen LogP contribution is -2.40. The molecule has 3 aromatic rings. The van der Waals surface area contributed by atoms with E-state index in [-0.39, 0.29) is 30.1 Å². The first-order chi connectivity index (χ1) is 13.8. The maximum Gasteiger partial charge on any atom is 0.213 e. The molecule has 1 fully saturated rings. The fourth-order valence-corrected chi connectivity index (χ4v) is 3.22. The van der Waals surface area contributed by atoms with Gasteiger partial charge < -0.3 is 15.0 Å². The Morgan fingerprint density at radius 1 is 1.21 bits per heavy atom. The first kappa shape index (κ1) is 21.0. The largest absolute Gasteiger partial charge is 0.472 e. The second kappa shape index (κ2) is 10.2. The lowest BCUT2D eigenvalue weighted by Gasteiger charge is -2.21. The zero-order valence-corrected chi connectivity index (χ0v) is 18.5. The van der Waals surface area contributed by atoms with Gasteiger partial charge in [0.25, 0.3) is 0 Å². The number of hydrogen-bond donors (Lipinski definition) is 1. The summed E-state index contributed by atoms with van der Waals surface area (Å²) in [5, 5.41) is 7.66. The second-order valence-electron chi connectivity index (χ2n) is 6.52. The molecule has 4 rings (SSSR count). The number of guanidine groups is 1. The lowest BCUT2D eigenvalue weighted by molar-refractivity contribution is 0.205. The Morgan fingerprint density at radius 3 is 2.90 bits per heavy atom. The van der Waals surface area contributed by atoms with Crippen LogP contribution in [0.5, 0.6) is 5.88 Å². The summed E-state index contributed by atoms with van der Waals surface area (Å²) in [4.78, 5) is 15.2. The zero-order chi connectivity index (χ0) is 19.2. The molecule has 1 N–H and O–H groups in total. The molecule has 152 valence electrons. The Bertz CT molecular complexity index is 918. The van der Waals surface area contributed by atoms with Crippen LogP contribution in [0.1, 0.15) is 12.0 Å². The molecule has 0 spiro atoms. The SMILES string of the molecule is CN=C(NCc1ccnc(-n2cccn2)c1)N1CCC(Oc2ccccn2)C1.I. The number of halogens is 1. The molecule has 0 aliphatic carbocycles. The normalized spacial score (nSPS) is 16.4. The minimum Gasteiger partial charge on any atom is -0.472 e. The summed E-state index contributed by atoms with van der Waals surface area (Å²) in [5.74, 6) is 2.33. The quantitative estimate of drug-likeness (QED) is 0.326. The molecule has 0 bridgehead atoms. The molecule has 9 heteroatoms. The van der Waals surface area contributed by atoms with Gasteiger partial charge in [-0.15, -0.1) is 24.0 Å². The summed E-state index contributed by atoms with van der Waals surface area (Å²) in [5.41, 5.74) is 1.11. The lowest BCUT2D eigenvalue weighted by atomic mass is 10.2. The Hall–Kier alpha value is -2.69.